The van der Waals surface area contributed by atoms with Gasteiger partial charge in [0.15, 0.2) is 0 Å². The Morgan fingerprint density at radius 1 is 1.44 bits per heavy atom. The van der Waals surface area contributed by atoms with E-state index in [9.17, 15) is 9.59 Å². The summed E-state index contributed by atoms with van der Waals surface area (Å²) in [5.74, 6) is -1.35. The molecule has 6 nitrogen and oxygen atoms in total. The molecule has 18 heavy (non-hydrogen) atoms. The van der Waals surface area contributed by atoms with E-state index in [0.29, 0.717) is 13.1 Å². The summed E-state index contributed by atoms with van der Waals surface area (Å²) in [7, 11) is 1.45. The molecule has 0 saturated carbocycles. The van der Waals surface area contributed by atoms with E-state index in [1.54, 1.807) is 13.8 Å². The summed E-state index contributed by atoms with van der Waals surface area (Å²) in [5, 5.41) is 17.8. The lowest BCUT2D eigenvalue weighted by atomic mass is 10.0. The van der Waals surface area contributed by atoms with Gasteiger partial charge in [-0.25, -0.2) is 9.59 Å². The van der Waals surface area contributed by atoms with Crippen LogP contribution in [0.1, 0.15) is 27.7 Å². The van der Waals surface area contributed by atoms with Crippen LogP contribution in [0.2, 0.25) is 0 Å². The van der Waals surface area contributed by atoms with Gasteiger partial charge in [-0.05, 0) is 27.7 Å². The highest BCUT2D eigenvalue weighted by Crippen LogP contribution is 2.15. The minimum Gasteiger partial charge on any atom is -0.480 e. The molecular weight excluding hydrogens is 234 g/mol. The third-order valence-electron chi connectivity index (χ3n) is 3.02. The molecule has 0 aromatic rings. The Morgan fingerprint density at radius 3 is 2.28 bits per heavy atom. The first kappa shape index (κ1) is 16.2. The molecule has 0 rings (SSSR count). The SMILES string of the molecule is CCN(CC(C)C#N)C(=O)N(C)C(C)(C)C(=O)O. The van der Waals surface area contributed by atoms with Crippen molar-refractivity contribution in [1.29, 1.82) is 5.26 Å². The molecule has 0 spiro atoms. The Bertz CT molecular complexity index is 360. The van der Waals surface area contributed by atoms with Crippen molar-refractivity contribution < 1.29 is 14.7 Å². The number of carbonyl (C=O) groups excluding carboxylic acids is 1. The summed E-state index contributed by atoms with van der Waals surface area (Å²) in [6.07, 6.45) is 0. The molecule has 1 unspecified atom stereocenters. The van der Waals surface area contributed by atoms with Gasteiger partial charge in [-0.2, -0.15) is 5.26 Å². The number of carbonyl (C=O) groups is 2. The standard InChI is InChI=1S/C12H21N3O3/c1-6-15(8-9(2)7-13)11(18)14(5)12(3,4)10(16)17/h9H,6,8H2,1-5H3,(H,16,17). The zero-order valence-electron chi connectivity index (χ0n) is 11.6. The Balaban J connectivity index is 4.91. The maximum absolute atomic E-state index is 12.2. The zero-order chi connectivity index (χ0) is 14.5. The van der Waals surface area contributed by atoms with E-state index in [0.717, 1.165) is 0 Å². The van der Waals surface area contributed by atoms with Crippen LogP contribution in [0.15, 0.2) is 0 Å². The van der Waals surface area contributed by atoms with Gasteiger partial charge in [-0.15, -0.1) is 0 Å². The van der Waals surface area contributed by atoms with Crippen molar-refractivity contribution in [3.8, 4) is 6.07 Å². The fourth-order valence-electron chi connectivity index (χ4n) is 1.31. The predicted octanol–water partition coefficient (Wildman–Crippen LogP) is 1.38. The largest absolute Gasteiger partial charge is 0.480 e. The van der Waals surface area contributed by atoms with Gasteiger partial charge in [0.2, 0.25) is 0 Å². The van der Waals surface area contributed by atoms with E-state index < -0.39 is 11.5 Å². The van der Waals surface area contributed by atoms with Gasteiger partial charge in [0.25, 0.3) is 0 Å². The molecule has 0 aliphatic heterocycles. The van der Waals surface area contributed by atoms with Crippen LogP contribution in [0.5, 0.6) is 0 Å². The number of likely N-dealkylation sites (N-methyl/N-ethyl adjacent to an activating group) is 1. The molecular formula is C12H21N3O3. The van der Waals surface area contributed by atoms with Crippen LogP contribution in [-0.4, -0.2) is 52.6 Å². The second-order valence-electron chi connectivity index (χ2n) is 4.77. The quantitative estimate of drug-likeness (QED) is 0.804. The summed E-state index contributed by atoms with van der Waals surface area (Å²) in [6, 6.07) is 1.67. The van der Waals surface area contributed by atoms with E-state index in [4.69, 9.17) is 10.4 Å². The molecule has 0 aromatic heterocycles. The molecule has 1 N–H and O–H groups in total. The molecule has 0 saturated heterocycles. The first-order valence-electron chi connectivity index (χ1n) is 5.84. The lowest BCUT2D eigenvalue weighted by molar-refractivity contribution is -0.147. The van der Waals surface area contributed by atoms with E-state index in [1.165, 1.54) is 30.7 Å². The van der Waals surface area contributed by atoms with Gasteiger partial charge in [0.05, 0.1) is 12.0 Å². The molecule has 2 amide bonds. The molecule has 0 aliphatic carbocycles. The number of carboxylic acid groups (broad SMARTS) is 1. The maximum Gasteiger partial charge on any atom is 0.329 e. The molecule has 0 bridgehead atoms. The minimum absolute atomic E-state index is 0.282. The van der Waals surface area contributed by atoms with Crippen LogP contribution in [-0.2, 0) is 4.79 Å². The summed E-state index contributed by atoms with van der Waals surface area (Å²) >= 11 is 0. The number of nitrogens with zero attached hydrogens (tertiary/aromatic N) is 3. The second-order valence-corrected chi connectivity index (χ2v) is 4.77. The van der Waals surface area contributed by atoms with Crippen LogP contribution in [0.4, 0.5) is 4.79 Å². The number of hydrogen-bond acceptors (Lipinski definition) is 3. The first-order valence-corrected chi connectivity index (χ1v) is 5.84. The van der Waals surface area contributed by atoms with E-state index in [-0.39, 0.29) is 11.9 Å². The highest BCUT2D eigenvalue weighted by molar-refractivity contribution is 5.85. The number of urea groups is 1. The van der Waals surface area contributed by atoms with Crippen molar-refractivity contribution in [3.63, 3.8) is 0 Å². The number of amides is 2. The smallest absolute Gasteiger partial charge is 0.329 e. The fraction of sp³-hybridized carbons (Fsp3) is 0.750. The minimum atomic E-state index is -1.28. The third-order valence-corrected chi connectivity index (χ3v) is 3.02. The van der Waals surface area contributed by atoms with Gasteiger partial charge in [0.1, 0.15) is 5.54 Å². The maximum atomic E-state index is 12.2. The van der Waals surface area contributed by atoms with E-state index in [2.05, 4.69) is 6.07 Å². The van der Waals surface area contributed by atoms with Crippen molar-refractivity contribution in [3.05, 3.63) is 0 Å². The number of nitriles is 1. The highest BCUT2D eigenvalue weighted by Gasteiger charge is 2.37. The number of aliphatic carboxylic acids is 1. The first-order chi connectivity index (χ1) is 8.18. The molecule has 0 fully saturated rings. The number of carboxylic acids is 1. The Kier molecular flexibility index (Phi) is 5.63. The summed E-state index contributed by atoms with van der Waals surface area (Å²) < 4.78 is 0. The van der Waals surface area contributed by atoms with Gasteiger partial charge in [-0.1, -0.05) is 0 Å². The number of rotatable bonds is 5. The molecule has 102 valence electrons. The summed E-state index contributed by atoms with van der Waals surface area (Å²) in [4.78, 5) is 25.9. The van der Waals surface area contributed by atoms with E-state index >= 15 is 0 Å². The van der Waals surface area contributed by atoms with Crippen molar-refractivity contribution in [2.24, 2.45) is 5.92 Å². The lowest BCUT2D eigenvalue weighted by Gasteiger charge is -2.36. The van der Waals surface area contributed by atoms with Crippen molar-refractivity contribution >= 4 is 12.0 Å². The van der Waals surface area contributed by atoms with E-state index in [1.807, 2.05) is 0 Å². The lowest BCUT2D eigenvalue weighted by Crippen LogP contribution is -2.55. The second kappa shape index (κ2) is 6.24. The van der Waals surface area contributed by atoms with Gasteiger partial charge in [0, 0.05) is 20.1 Å². The van der Waals surface area contributed by atoms with Gasteiger partial charge in [-0.3, -0.25) is 0 Å². The van der Waals surface area contributed by atoms with Crippen molar-refractivity contribution in [1.82, 2.24) is 9.80 Å². The van der Waals surface area contributed by atoms with Crippen LogP contribution in [0, 0.1) is 17.2 Å². The third kappa shape index (κ3) is 3.62. The average Bonchev–Trinajstić information content (AvgIpc) is 2.33. The van der Waals surface area contributed by atoms with Gasteiger partial charge < -0.3 is 14.9 Å². The molecule has 0 radical (unpaired) electrons. The van der Waals surface area contributed by atoms with Crippen LogP contribution in [0.3, 0.4) is 0 Å². The highest BCUT2D eigenvalue weighted by atomic mass is 16.4. The molecule has 6 heteroatoms. The molecule has 0 heterocycles. The topological polar surface area (TPSA) is 84.6 Å². The average molecular weight is 255 g/mol. The molecule has 1 atom stereocenters. The van der Waals surface area contributed by atoms with Crippen LogP contribution in [0.25, 0.3) is 0 Å². The molecule has 0 aliphatic rings. The van der Waals surface area contributed by atoms with Crippen molar-refractivity contribution in [2.75, 3.05) is 20.1 Å². The monoisotopic (exact) mass is 255 g/mol. The predicted molar refractivity (Wildman–Crippen MR) is 66.9 cm³/mol. The van der Waals surface area contributed by atoms with Crippen LogP contribution >= 0.6 is 0 Å². The van der Waals surface area contributed by atoms with Crippen molar-refractivity contribution in [2.45, 2.75) is 33.2 Å². The Hall–Kier alpha value is -1.77. The zero-order valence-corrected chi connectivity index (χ0v) is 11.6. The normalized spacial score (nSPS) is 12.4. The summed E-state index contributed by atoms with van der Waals surface area (Å²) in [6.45, 7) is 7.18. The fourth-order valence-corrected chi connectivity index (χ4v) is 1.31. The van der Waals surface area contributed by atoms with Crippen LogP contribution < -0.4 is 0 Å². The number of hydrogen-bond donors (Lipinski definition) is 1. The Labute approximate surface area is 108 Å². The summed E-state index contributed by atoms with van der Waals surface area (Å²) in [5.41, 5.74) is -1.28. The van der Waals surface area contributed by atoms with Gasteiger partial charge >= 0.3 is 12.0 Å². The molecule has 0 aromatic carbocycles. The Morgan fingerprint density at radius 2 is 1.94 bits per heavy atom.